The van der Waals surface area contributed by atoms with Crippen LogP contribution in [0.2, 0.25) is 0 Å². The number of nitrogens with one attached hydrogen (secondary N) is 2. The predicted octanol–water partition coefficient (Wildman–Crippen LogP) is 1.07. The van der Waals surface area contributed by atoms with Crippen molar-refractivity contribution in [2.24, 2.45) is 0 Å². The van der Waals surface area contributed by atoms with Crippen molar-refractivity contribution >= 4 is 11.4 Å². The summed E-state index contributed by atoms with van der Waals surface area (Å²) in [6.45, 7) is 5.13. The van der Waals surface area contributed by atoms with Gasteiger partial charge < -0.3 is 14.4 Å². The van der Waals surface area contributed by atoms with Crippen LogP contribution in [0.3, 0.4) is 0 Å². The molecule has 10 nitrogen and oxygen atoms in total. The fourth-order valence-corrected chi connectivity index (χ4v) is 3.67. The number of hydrogen-bond acceptors (Lipinski definition) is 7. The normalized spacial score (nSPS) is 23.9. The zero-order valence-electron chi connectivity index (χ0n) is 14.7. The molecule has 0 spiro atoms. The van der Waals surface area contributed by atoms with Crippen molar-refractivity contribution < 1.29 is 14.4 Å². The largest absolute Gasteiger partial charge is 0.465 e. The molecule has 0 bridgehead atoms. The summed E-state index contributed by atoms with van der Waals surface area (Å²) >= 11 is 0. The van der Waals surface area contributed by atoms with E-state index in [1.54, 1.807) is 6.07 Å². The molecular weight excluding hydrogens is 356 g/mol. The van der Waals surface area contributed by atoms with E-state index in [2.05, 4.69) is 14.9 Å². The van der Waals surface area contributed by atoms with Gasteiger partial charge in [-0.15, -0.1) is 0 Å². The summed E-state index contributed by atoms with van der Waals surface area (Å²) in [5, 5.41) is 11.2. The molecule has 2 aliphatic rings. The van der Waals surface area contributed by atoms with Crippen LogP contribution >= 0.6 is 0 Å². The molecule has 2 aromatic rings. The van der Waals surface area contributed by atoms with Crippen LogP contribution in [0.15, 0.2) is 27.8 Å². The lowest BCUT2D eigenvalue weighted by Gasteiger charge is -2.39. The molecule has 3 atom stereocenters. The number of anilines is 1. The summed E-state index contributed by atoms with van der Waals surface area (Å²) in [7, 11) is 0. The minimum Gasteiger partial charge on any atom is -0.465 e. The molecule has 0 radical (unpaired) electrons. The van der Waals surface area contributed by atoms with Gasteiger partial charge >= 0.3 is 5.69 Å². The highest BCUT2D eigenvalue weighted by molar-refractivity contribution is 5.62. The van der Waals surface area contributed by atoms with Gasteiger partial charge in [-0.1, -0.05) is 0 Å². The minimum atomic E-state index is -0.788. The summed E-state index contributed by atoms with van der Waals surface area (Å²) in [6.07, 6.45) is -0.804. The number of benzene rings is 1. The Labute approximate surface area is 152 Å². The molecule has 0 unspecified atom stereocenters. The number of ether oxygens (including phenoxy) is 2. The molecule has 1 saturated heterocycles. The van der Waals surface area contributed by atoms with E-state index in [0.717, 1.165) is 5.69 Å². The highest BCUT2D eigenvalue weighted by Crippen LogP contribution is 2.43. The van der Waals surface area contributed by atoms with Gasteiger partial charge in [0.05, 0.1) is 17.1 Å². The number of nitro benzene ring substituents is 1. The van der Waals surface area contributed by atoms with Crippen molar-refractivity contribution in [3.8, 4) is 5.88 Å². The number of aromatic amines is 2. The number of hydrogen-bond donors (Lipinski definition) is 2. The minimum absolute atomic E-state index is 0.00820. The molecule has 10 heteroatoms. The third-order valence-electron chi connectivity index (χ3n) is 4.71. The molecule has 0 saturated carbocycles. The Morgan fingerprint density at radius 1 is 1.19 bits per heavy atom. The second-order valence-corrected chi connectivity index (χ2v) is 6.81. The van der Waals surface area contributed by atoms with E-state index in [1.165, 1.54) is 12.1 Å². The first-order valence-electron chi connectivity index (χ1n) is 8.55. The number of nitrogens with zero attached hydrogens (tertiary/aromatic N) is 2. The summed E-state index contributed by atoms with van der Waals surface area (Å²) in [5.74, 6) is 0.0925. The SMILES string of the molecule is C[C@@H]1CN(c2ccc([N+](=O)[O-])cc2[C@H]2Oc3[nH]c(=O)[nH]c(=O)c32)C[C@H](C)O1. The highest BCUT2D eigenvalue weighted by Gasteiger charge is 2.38. The lowest BCUT2D eigenvalue weighted by molar-refractivity contribution is -0.384. The Hall–Kier alpha value is -3.14. The third kappa shape index (κ3) is 2.97. The van der Waals surface area contributed by atoms with Gasteiger partial charge in [0.1, 0.15) is 5.56 Å². The average Bonchev–Trinajstić information content (AvgIpc) is 2.55. The van der Waals surface area contributed by atoms with Crippen LogP contribution in [0.1, 0.15) is 31.1 Å². The number of fused-ring (bicyclic) bond motifs is 1. The first-order valence-corrected chi connectivity index (χ1v) is 8.55. The van der Waals surface area contributed by atoms with Crippen LogP contribution in [0.25, 0.3) is 0 Å². The van der Waals surface area contributed by atoms with E-state index in [9.17, 15) is 19.7 Å². The second-order valence-electron chi connectivity index (χ2n) is 6.81. The molecule has 2 aliphatic heterocycles. The van der Waals surface area contributed by atoms with Crippen molar-refractivity contribution in [2.75, 3.05) is 18.0 Å². The summed E-state index contributed by atoms with van der Waals surface area (Å²) < 4.78 is 11.3. The number of rotatable bonds is 3. The Balaban J connectivity index is 1.81. The van der Waals surface area contributed by atoms with Crippen LogP contribution in [-0.4, -0.2) is 40.2 Å². The van der Waals surface area contributed by atoms with Crippen molar-refractivity contribution in [2.45, 2.75) is 32.2 Å². The van der Waals surface area contributed by atoms with Gasteiger partial charge in [-0.2, -0.15) is 0 Å². The second kappa shape index (κ2) is 6.23. The zero-order chi connectivity index (χ0) is 19.3. The van der Waals surface area contributed by atoms with Crippen LogP contribution < -0.4 is 20.9 Å². The number of aromatic nitrogens is 2. The monoisotopic (exact) mass is 374 g/mol. The molecule has 1 aromatic heterocycles. The maximum absolute atomic E-state index is 12.2. The fraction of sp³-hybridized carbons (Fsp3) is 0.412. The molecule has 142 valence electrons. The Morgan fingerprint density at radius 2 is 1.89 bits per heavy atom. The standard InChI is InChI=1S/C17H18N4O6/c1-8-6-20(7-9(2)26-8)12-4-3-10(21(24)25)5-11(12)14-13-15(22)18-17(23)19-16(13)27-14/h3-5,8-9,14H,6-7H2,1-2H3,(H2,18,19,22,23)/t8-,9+,14-/m1/s1. The summed E-state index contributed by atoms with van der Waals surface area (Å²) in [4.78, 5) is 41.0. The lowest BCUT2D eigenvalue weighted by Crippen LogP contribution is -2.46. The molecule has 4 rings (SSSR count). The van der Waals surface area contributed by atoms with E-state index >= 15 is 0 Å². The average molecular weight is 374 g/mol. The first-order chi connectivity index (χ1) is 12.8. The molecule has 3 heterocycles. The summed E-state index contributed by atoms with van der Waals surface area (Å²) in [5.41, 5.74) is 0.185. The van der Waals surface area contributed by atoms with Crippen molar-refractivity contribution in [3.05, 3.63) is 60.3 Å². The highest BCUT2D eigenvalue weighted by atomic mass is 16.6. The lowest BCUT2D eigenvalue weighted by atomic mass is 9.96. The van der Waals surface area contributed by atoms with Crippen LogP contribution in [0, 0.1) is 10.1 Å². The van der Waals surface area contributed by atoms with E-state index in [1.807, 2.05) is 13.8 Å². The number of H-pyrrole nitrogens is 2. The Bertz CT molecular complexity index is 1020. The van der Waals surface area contributed by atoms with Crippen LogP contribution in [-0.2, 0) is 4.74 Å². The van der Waals surface area contributed by atoms with Crippen molar-refractivity contribution in [1.29, 1.82) is 0 Å². The van der Waals surface area contributed by atoms with Gasteiger partial charge in [-0.05, 0) is 19.9 Å². The van der Waals surface area contributed by atoms with Gasteiger partial charge in [0, 0.05) is 36.5 Å². The molecule has 1 aromatic carbocycles. The fourth-order valence-electron chi connectivity index (χ4n) is 3.67. The maximum Gasteiger partial charge on any atom is 0.328 e. The quantitative estimate of drug-likeness (QED) is 0.607. The number of nitro groups is 1. The van der Waals surface area contributed by atoms with Gasteiger partial charge in [0.2, 0.25) is 5.88 Å². The van der Waals surface area contributed by atoms with E-state index < -0.39 is 22.3 Å². The van der Waals surface area contributed by atoms with Gasteiger partial charge in [0.15, 0.2) is 6.10 Å². The van der Waals surface area contributed by atoms with E-state index in [4.69, 9.17) is 9.47 Å². The van der Waals surface area contributed by atoms with E-state index in [-0.39, 0.29) is 29.3 Å². The zero-order valence-corrected chi connectivity index (χ0v) is 14.7. The molecule has 0 aliphatic carbocycles. The van der Waals surface area contributed by atoms with Crippen LogP contribution in [0.5, 0.6) is 5.88 Å². The molecule has 2 N–H and O–H groups in total. The third-order valence-corrected chi connectivity index (χ3v) is 4.71. The maximum atomic E-state index is 12.2. The van der Waals surface area contributed by atoms with Crippen LogP contribution in [0.4, 0.5) is 11.4 Å². The number of morpholine rings is 1. The van der Waals surface area contributed by atoms with Crippen molar-refractivity contribution in [1.82, 2.24) is 9.97 Å². The first kappa shape index (κ1) is 17.3. The van der Waals surface area contributed by atoms with Gasteiger partial charge in [-0.3, -0.25) is 24.9 Å². The van der Waals surface area contributed by atoms with Gasteiger partial charge in [0.25, 0.3) is 11.2 Å². The molecular formula is C17H18N4O6. The Morgan fingerprint density at radius 3 is 2.52 bits per heavy atom. The summed E-state index contributed by atoms with van der Waals surface area (Å²) in [6, 6.07) is 4.51. The molecule has 27 heavy (non-hydrogen) atoms. The number of non-ortho nitro benzene ring substituents is 1. The Kier molecular flexibility index (Phi) is 3.99. The smallest absolute Gasteiger partial charge is 0.328 e. The molecule has 1 fully saturated rings. The van der Waals surface area contributed by atoms with Crippen molar-refractivity contribution in [3.63, 3.8) is 0 Å². The molecule has 0 amide bonds. The van der Waals surface area contributed by atoms with Gasteiger partial charge in [-0.25, -0.2) is 4.79 Å². The predicted molar refractivity (Wildman–Crippen MR) is 95.5 cm³/mol. The van der Waals surface area contributed by atoms with E-state index in [0.29, 0.717) is 18.7 Å². The topological polar surface area (TPSA) is 131 Å².